The van der Waals surface area contributed by atoms with Crippen LogP contribution in [0, 0.1) is 0 Å². The number of rotatable bonds is 6. The fourth-order valence-electron chi connectivity index (χ4n) is 4.39. The number of ether oxygens (including phenoxy) is 1. The standard InChI is InChI=1S/C24H25N5O4S/c1-15-20-10-23(27-17-8-16(11-25-12-17)14-28(2)34(31)32)26-13-21(20)19-6-5-18(9-22(19)33-15)29-7-3-4-24(29)30/h5-6,8-13,15,34H,3-4,7,14H2,1-2H3,(H,26,27). The molecule has 1 amide bonds. The van der Waals surface area contributed by atoms with E-state index in [1.807, 2.05) is 48.4 Å². The average Bonchev–Trinajstić information content (AvgIpc) is 3.25. The van der Waals surface area contributed by atoms with Gasteiger partial charge in [0.25, 0.3) is 0 Å². The lowest BCUT2D eigenvalue weighted by Gasteiger charge is -2.28. The molecule has 3 aromatic rings. The third-order valence-corrected chi connectivity index (χ3v) is 6.77. The largest absolute Gasteiger partial charge is 0.485 e. The lowest BCUT2D eigenvalue weighted by Crippen LogP contribution is -2.24. The van der Waals surface area contributed by atoms with Gasteiger partial charge in [-0.25, -0.2) is 17.7 Å². The lowest BCUT2D eigenvalue weighted by molar-refractivity contribution is -0.117. The molecule has 1 unspecified atom stereocenters. The first-order chi connectivity index (χ1) is 16.4. The Bertz CT molecular complexity index is 1330. The minimum Gasteiger partial charge on any atom is -0.485 e. The van der Waals surface area contributed by atoms with Gasteiger partial charge in [-0.1, -0.05) is 0 Å². The van der Waals surface area contributed by atoms with E-state index in [9.17, 15) is 13.2 Å². The van der Waals surface area contributed by atoms with Crippen molar-refractivity contribution in [1.82, 2.24) is 14.3 Å². The van der Waals surface area contributed by atoms with Crippen LogP contribution in [0.25, 0.3) is 11.1 Å². The van der Waals surface area contributed by atoms with Crippen LogP contribution in [0.1, 0.15) is 37.0 Å². The lowest BCUT2D eigenvalue weighted by atomic mass is 9.94. The average molecular weight is 480 g/mol. The number of aromatic nitrogens is 2. The molecule has 1 atom stereocenters. The van der Waals surface area contributed by atoms with Gasteiger partial charge in [0, 0.05) is 67.4 Å². The number of fused-ring (bicyclic) bond motifs is 3. The predicted molar refractivity (Wildman–Crippen MR) is 130 cm³/mol. The molecule has 2 aliphatic heterocycles. The van der Waals surface area contributed by atoms with Gasteiger partial charge in [-0.05, 0) is 43.2 Å². The highest BCUT2D eigenvalue weighted by molar-refractivity contribution is 7.69. The van der Waals surface area contributed by atoms with Crippen molar-refractivity contribution in [2.75, 3.05) is 23.8 Å². The maximum absolute atomic E-state index is 12.1. The predicted octanol–water partition coefficient (Wildman–Crippen LogP) is 3.43. The number of carbonyl (C=O) groups is 1. The van der Waals surface area contributed by atoms with Gasteiger partial charge in [0.1, 0.15) is 17.7 Å². The third kappa shape index (κ3) is 4.34. The van der Waals surface area contributed by atoms with Crippen molar-refractivity contribution in [3.63, 3.8) is 0 Å². The van der Waals surface area contributed by atoms with Gasteiger partial charge in [-0.2, -0.15) is 0 Å². The van der Waals surface area contributed by atoms with Crippen LogP contribution in [0.15, 0.2) is 48.9 Å². The molecule has 0 radical (unpaired) electrons. The summed E-state index contributed by atoms with van der Waals surface area (Å²) in [5.74, 6) is 1.53. The summed E-state index contributed by atoms with van der Waals surface area (Å²) in [4.78, 5) is 22.7. The molecule has 2 aromatic heterocycles. The highest BCUT2D eigenvalue weighted by Crippen LogP contribution is 2.44. The van der Waals surface area contributed by atoms with Crippen molar-refractivity contribution in [2.45, 2.75) is 32.4 Å². The Kier molecular flexibility index (Phi) is 5.93. The highest BCUT2D eigenvalue weighted by Gasteiger charge is 2.27. The first kappa shape index (κ1) is 22.3. The van der Waals surface area contributed by atoms with Crippen LogP contribution >= 0.6 is 0 Å². The maximum Gasteiger partial charge on any atom is 0.227 e. The molecule has 9 nitrogen and oxygen atoms in total. The van der Waals surface area contributed by atoms with Crippen LogP contribution in [0.3, 0.4) is 0 Å². The van der Waals surface area contributed by atoms with Gasteiger partial charge >= 0.3 is 0 Å². The molecule has 0 saturated carbocycles. The minimum atomic E-state index is -2.64. The summed E-state index contributed by atoms with van der Waals surface area (Å²) in [7, 11) is -1.13. The van der Waals surface area contributed by atoms with Gasteiger partial charge in [0.2, 0.25) is 16.8 Å². The number of anilines is 3. The number of thiol groups is 1. The first-order valence-electron chi connectivity index (χ1n) is 11.1. The van der Waals surface area contributed by atoms with Crippen LogP contribution in [-0.4, -0.2) is 42.2 Å². The van der Waals surface area contributed by atoms with Crippen LogP contribution in [0.5, 0.6) is 5.75 Å². The van der Waals surface area contributed by atoms with Gasteiger partial charge in [-0.3, -0.25) is 9.78 Å². The second-order valence-electron chi connectivity index (χ2n) is 8.51. The summed E-state index contributed by atoms with van der Waals surface area (Å²) in [6, 6.07) is 9.68. The Morgan fingerprint density at radius 3 is 2.79 bits per heavy atom. The summed E-state index contributed by atoms with van der Waals surface area (Å²) >= 11 is 0. The van der Waals surface area contributed by atoms with Crippen LogP contribution < -0.4 is 15.0 Å². The molecule has 1 N–H and O–H groups in total. The number of benzene rings is 1. The smallest absolute Gasteiger partial charge is 0.227 e. The molecular weight excluding hydrogens is 454 g/mol. The van der Waals surface area contributed by atoms with Crippen molar-refractivity contribution in [1.29, 1.82) is 0 Å². The number of hydrogen-bond donors (Lipinski definition) is 2. The molecular formula is C24H25N5O4S. The van der Waals surface area contributed by atoms with E-state index in [2.05, 4.69) is 15.3 Å². The molecule has 176 valence electrons. The van der Waals surface area contributed by atoms with Crippen molar-refractivity contribution < 1.29 is 17.9 Å². The van der Waals surface area contributed by atoms with Crippen molar-refractivity contribution in [2.24, 2.45) is 0 Å². The Labute approximate surface area is 199 Å². The Hall–Kier alpha value is -3.50. The Balaban J connectivity index is 1.40. The second-order valence-corrected chi connectivity index (χ2v) is 9.67. The fourth-order valence-corrected chi connectivity index (χ4v) is 4.67. The number of nitrogens with one attached hydrogen (secondary N) is 1. The number of pyridine rings is 2. The number of amides is 1. The number of carbonyl (C=O) groups excluding carboxylic acids is 1. The molecule has 2 aliphatic rings. The zero-order valence-electron chi connectivity index (χ0n) is 18.9. The quantitative estimate of drug-likeness (QED) is 0.522. The van der Waals surface area contributed by atoms with Gasteiger partial charge in [0.15, 0.2) is 0 Å². The molecule has 5 rings (SSSR count). The first-order valence-corrected chi connectivity index (χ1v) is 12.2. The van der Waals surface area contributed by atoms with E-state index in [1.54, 1.807) is 12.4 Å². The number of hydrogen-bond acceptors (Lipinski definition) is 7. The monoisotopic (exact) mass is 479 g/mol. The van der Waals surface area contributed by atoms with E-state index in [-0.39, 0.29) is 18.6 Å². The topological polar surface area (TPSA) is 105 Å². The Morgan fingerprint density at radius 2 is 2.03 bits per heavy atom. The van der Waals surface area contributed by atoms with E-state index >= 15 is 0 Å². The normalized spacial score (nSPS) is 17.0. The van der Waals surface area contributed by atoms with Crippen molar-refractivity contribution in [3.05, 3.63) is 60.0 Å². The fraction of sp³-hybridized carbons (Fsp3) is 0.292. The highest BCUT2D eigenvalue weighted by atomic mass is 32.2. The molecule has 1 saturated heterocycles. The van der Waals surface area contributed by atoms with E-state index < -0.39 is 10.9 Å². The van der Waals surface area contributed by atoms with Crippen LogP contribution in [0.4, 0.5) is 17.2 Å². The molecule has 34 heavy (non-hydrogen) atoms. The summed E-state index contributed by atoms with van der Waals surface area (Å²) in [5.41, 5.74) is 5.28. The SMILES string of the molecule is CC1Oc2cc(N3CCCC3=O)ccc2-c2cnc(Nc3cncc(CN(C)[SH](=O)=O)c3)cc21. The number of nitrogens with zero attached hydrogens (tertiary/aromatic N) is 4. The summed E-state index contributed by atoms with van der Waals surface area (Å²) < 4.78 is 29.7. The zero-order chi connectivity index (χ0) is 23.8. The summed E-state index contributed by atoms with van der Waals surface area (Å²) in [6.07, 6.45) is 6.40. The van der Waals surface area contributed by atoms with Crippen LogP contribution in [-0.2, 0) is 22.2 Å². The molecule has 4 heterocycles. The van der Waals surface area contributed by atoms with E-state index in [0.717, 1.165) is 46.7 Å². The Morgan fingerprint density at radius 1 is 1.18 bits per heavy atom. The molecule has 0 aliphatic carbocycles. The zero-order valence-corrected chi connectivity index (χ0v) is 19.8. The van der Waals surface area contributed by atoms with Crippen molar-refractivity contribution >= 4 is 34.0 Å². The van der Waals surface area contributed by atoms with Gasteiger partial charge in [0.05, 0.1) is 11.9 Å². The van der Waals surface area contributed by atoms with Gasteiger partial charge in [-0.15, -0.1) is 0 Å². The van der Waals surface area contributed by atoms with E-state index in [0.29, 0.717) is 17.9 Å². The minimum absolute atomic E-state index is 0.147. The molecule has 10 heteroatoms. The summed E-state index contributed by atoms with van der Waals surface area (Å²) in [6.45, 7) is 2.97. The third-order valence-electron chi connectivity index (χ3n) is 6.08. The maximum atomic E-state index is 12.1. The second kappa shape index (κ2) is 9.03. The molecule has 0 bridgehead atoms. The van der Waals surface area contributed by atoms with E-state index in [4.69, 9.17) is 4.74 Å². The van der Waals surface area contributed by atoms with E-state index in [1.165, 1.54) is 11.4 Å². The van der Waals surface area contributed by atoms with Crippen LogP contribution in [0.2, 0.25) is 0 Å². The molecule has 1 aromatic carbocycles. The molecule has 1 fully saturated rings. The molecule has 0 spiro atoms. The van der Waals surface area contributed by atoms with Crippen molar-refractivity contribution in [3.8, 4) is 16.9 Å². The summed E-state index contributed by atoms with van der Waals surface area (Å²) in [5, 5.41) is 3.25. The van der Waals surface area contributed by atoms with Gasteiger partial charge < -0.3 is 15.0 Å².